The summed E-state index contributed by atoms with van der Waals surface area (Å²) in [6.07, 6.45) is 10.0. The molecule has 0 aromatic heterocycles. The molecule has 0 saturated heterocycles. The predicted molar refractivity (Wildman–Crippen MR) is 59.9 cm³/mol. The first-order valence-corrected chi connectivity index (χ1v) is 6.66. The van der Waals surface area contributed by atoms with Gasteiger partial charge in [0.2, 0.25) is 0 Å². The van der Waals surface area contributed by atoms with E-state index in [1.54, 1.807) is 0 Å². The average Bonchev–Trinajstić information content (AvgIpc) is 2.04. The van der Waals surface area contributed by atoms with Crippen molar-refractivity contribution in [1.29, 1.82) is 0 Å². The summed E-state index contributed by atoms with van der Waals surface area (Å²) >= 11 is 7.70. The van der Waals surface area contributed by atoms with E-state index in [1.807, 2.05) is 0 Å². The van der Waals surface area contributed by atoms with Crippen LogP contribution in [0.2, 0.25) is 0 Å². The Balaban J connectivity index is 2.09. The Hall–Kier alpha value is 0.960. The lowest BCUT2D eigenvalue weighted by molar-refractivity contribution is 0.171. The fourth-order valence-electron chi connectivity index (χ4n) is 2.89. The van der Waals surface area contributed by atoms with Gasteiger partial charge in [0, 0.05) is 0 Å². The van der Waals surface area contributed by atoms with Crippen LogP contribution in [-0.2, 0) is 0 Å². The zero-order chi connectivity index (χ0) is 8.60. The van der Waals surface area contributed by atoms with Gasteiger partial charge in [-0.15, -0.1) is 0 Å². The van der Waals surface area contributed by atoms with Crippen molar-refractivity contribution >= 4 is 31.9 Å². The molecule has 2 heteroatoms. The molecule has 0 unspecified atom stereocenters. The van der Waals surface area contributed by atoms with Crippen LogP contribution in [-0.4, -0.2) is 3.23 Å². The third kappa shape index (κ3) is 1.75. The highest BCUT2D eigenvalue weighted by molar-refractivity contribution is 9.25. The molecular formula is C10H16Br2. The molecule has 70 valence electrons. The van der Waals surface area contributed by atoms with Crippen LogP contribution < -0.4 is 0 Å². The van der Waals surface area contributed by atoms with Crippen LogP contribution in [0.4, 0.5) is 0 Å². The van der Waals surface area contributed by atoms with Crippen LogP contribution in [0.5, 0.6) is 0 Å². The summed E-state index contributed by atoms with van der Waals surface area (Å²) in [4.78, 5) is 0. The summed E-state index contributed by atoms with van der Waals surface area (Å²) < 4.78 is 0.295. The Labute approximate surface area is 91.7 Å². The summed E-state index contributed by atoms with van der Waals surface area (Å²) in [6.45, 7) is 0. The molecule has 0 amide bonds. The van der Waals surface area contributed by atoms with Gasteiger partial charge in [0.15, 0.2) is 0 Å². The third-order valence-corrected chi connectivity index (χ3v) is 5.51. The van der Waals surface area contributed by atoms with E-state index in [-0.39, 0.29) is 0 Å². The van der Waals surface area contributed by atoms with Crippen molar-refractivity contribution < 1.29 is 0 Å². The van der Waals surface area contributed by atoms with Gasteiger partial charge in [-0.1, -0.05) is 64.0 Å². The molecule has 2 fully saturated rings. The van der Waals surface area contributed by atoms with Gasteiger partial charge >= 0.3 is 0 Å². The second kappa shape index (κ2) is 3.61. The van der Waals surface area contributed by atoms with Crippen molar-refractivity contribution in [3.05, 3.63) is 0 Å². The Morgan fingerprint density at radius 1 is 0.917 bits per heavy atom. The highest BCUT2D eigenvalue weighted by Gasteiger charge is 2.42. The van der Waals surface area contributed by atoms with E-state index in [4.69, 9.17) is 0 Å². The molecule has 2 atom stereocenters. The highest BCUT2D eigenvalue weighted by atomic mass is 79.9. The average molecular weight is 296 g/mol. The fourth-order valence-corrected chi connectivity index (χ4v) is 4.66. The minimum atomic E-state index is 0.295. The van der Waals surface area contributed by atoms with Crippen LogP contribution in [0.15, 0.2) is 0 Å². The number of alkyl halides is 2. The van der Waals surface area contributed by atoms with Gasteiger partial charge in [0.05, 0.1) is 3.23 Å². The maximum absolute atomic E-state index is 3.85. The Bertz CT molecular complexity index is 163. The number of rotatable bonds is 0. The molecule has 0 aromatic carbocycles. The van der Waals surface area contributed by atoms with Crippen LogP contribution >= 0.6 is 31.9 Å². The second-order valence-electron chi connectivity index (χ2n) is 4.30. The molecule has 0 N–H and O–H groups in total. The summed E-state index contributed by atoms with van der Waals surface area (Å²) in [5, 5.41) is 0. The lowest BCUT2D eigenvalue weighted by atomic mass is 9.71. The van der Waals surface area contributed by atoms with Gasteiger partial charge in [-0.3, -0.25) is 0 Å². The zero-order valence-electron chi connectivity index (χ0n) is 7.36. The first kappa shape index (κ1) is 9.51. The molecule has 0 nitrogen and oxygen atoms in total. The molecule has 0 heterocycles. The zero-order valence-corrected chi connectivity index (χ0v) is 10.5. The molecule has 0 aliphatic heterocycles. The molecule has 0 aromatic rings. The van der Waals surface area contributed by atoms with Crippen molar-refractivity contribution in [2.45, 2.75) is 48.2 Å². The Morgan fingerprint density at radius 3 is 2.33 bits per heavy atom. The largest absolute Gasteiger partial charge is 0.0836 e. The molecule has 0 spiro atoms. The van der Waals surface area contributed by atoms with Gasteiger partial charge in [-0.05, 0) is 24.7 Å². The summed E-state index contributed by atoms with van der Waals surface area (Å²) in [5.41, 5.74) is 0. The predicted octanol–water partition coefficient (Wildman–Crippen LogP) is 4.46. The van der Waals surface area contributed by atoms with Crippen LogP contribution in [0, 0.1) is 11.8 Å². The second-order valence-corrected chi connectivity index (χ2v) is 8.20. The van der Waals surface area contributed by atoms with E-state index in [0.717, 1.165) is 11.8 Å². The summed E-state index contributed by atoms with van der Waals surface area (Å²) in [6, 6.07) is 0. The molecule has 12 heavy (non-hydrogen) atoms. The standard InChI is InChI=1S/C10H16Br2/c11-10(12)7-3-5-8-4-1-2-6-9(8)10/h8-9H,1-7H2/t8-,9-/m0/s1. The first-order valence-electron chi connectivity index (χ1n) is 5.08. The van der Waals surface area contributed by atoms with Crippen molar-refractivity contribution in [3.8, 4) is 0 Å². The fraction of sp³-hybridized carbons (Fsp3) is 1.00. The van der Waals surface area contributed by atoms with Gasteiger partial charge in [-0.25, -0.2) is 0 Å². The van der Waals surface area contributed by atoms with Gasteiger partial charge in [-0.2, -0.15) is 0 Å². The monoisotopic (exact) mass is 294 g/mol. The molecule has 2 aliphatic carbocycles. The van der Waals surface area contributed by atoms with Crippen LogP contribution in [0.1, 0.15) is 44.9 Å². The van der Waals surface area contributed by atoms with Crippen molar-refractivity contribution in [1.82, 2.24) is 0 Å². The normalized spacial score (nSPS) is 40.5. The molecule has 2 aliphatic rings. The van der Waals surface area contributed by atoms with Gasteiger partial charge in [0.1, 0.15) is 0 Å². The van der Waals surface area contributed by atoms with Crippen molar-refractivity contribution in [2.75, 3.05) is 0 Å². The highest BCUT2D eigenvalue weighted by Crippen LogP contribution is 2.53. The van der Waals surface area contributed by atoms with E-state index in [2.05, 4.69) is 31.9 Å². The number of fused-ring (bicyclic) bond motifs is 1. The van der Waals surface area contributed by atoms with E-state index in [1.165, 1.54) is 44.9 Å². The minimum Gasteiger partial charge on any atom is -0.0724 e. The summed E-state index contributed by atoms with van der Waals surface area (Å²) in [7, 11) is 0. The topological polar surface area (TPSA) is 0 Å². The van der Waals surface area contributed by atoms with E-state index in [0.29, 0.717) is 3.23 Å². The van der Waals surface area contributed by atoms with Crippen LogP contribution in [0.3, 0.4) is 0 Å². The number of hydrogen-bond acceptors (Lipinski definition) is 0. The first-order chi connectivity index (χ1) is 5.70. The molecule has 0 radical (unpaired) electrons. The number of halogens is 2. The van der Waals surface area contributed by atoms with Gasteiger partial charge in [0.25, 0.3) is 0 Å². The number of hydrogen-bond donors (Lipinski definition) is 0. The quantitative estimate of drug-likeness (QED) is 0.579. The molecule has 0 bridgehead atoms. The van der Waals surface area contributed by atoms with Crippen molar-refractivity contribution in [2.24, 2.45) is 11.8 Å². The Morgan fingerprint density at radius 2 is 1.58 bits per heavy atom. The molecular weight excluding hydrogens is 280 g/mol. The lowest BCUT2D eigenvalue weighted by Gasteiger charge is -2.44. The van der Waals surface area contributed by atoms with Crippen LogP contribution in [0.25, 0.3) is 0 Å². The van der Waals surface area contributed by atoms with Crippen molar-refractivity contribution in [3.63, 3.8) is 0 Å². The summed E-state index contributed by atoms with van der Waals surface area (Å²) in [5.74, 6) is 1.91. The maximum atomic E-state index is 3.85. The third-order valence-electron chi connectivity index (χ3n) is 3.54. The van der Waals surface area contributed by atoms with Gasteiger partial charge < -0.3 is 0 Å². The molecule has 2 rings (SSSR count). The Kier molecular flexibility index (Phi) is 2.86. The smallest absolute Gasteiger partial charge is 0.0724 e. The minimum absolute atomic E-state index is 0.295. The van der Waals surface area contributed by atoms with E-state index < -0.39 is 0 Å². The lowest BCUT2D eigenvalue weighted by Crippen LogP contribution is -2.37. The maximum Gasteiger partial charge on any atom is 0.0836 e. The molecule has 2 saturated carbocycles. The van der Waals surface area contributed by atoms with E-state index >= 15 is 0 Å². The van der Waals surface area contributed by atoms with E-state index in [9.17, 15) is 0 Å². The SMILES string of the molecule is BrC1(Br)CCC[C@@H]2CCCC[C@@H]21.